The number of carbonyl (C=O) groups is 4. The van der Waals surface area contributed by atoms with Crippen molar-refractivity contribution in [1.29, 1.82) is 0 Å². The first-order chi connectivity index (χ1) is 31.1. The van der Waals surface area contributed by atoms with E-state index in [1.165, 1.54) is 5.06 Å². The van der Waals surface area contributed by atoms with Crippen molar-refractivity contribution in [3.05, 3.63) is 41.5 Å². The third kappa shape index (κ3) is 8.87. The van der Waals surface area contributed by atoms with Crippen LogP contribution in [0.4, 0.5) is 0 Å². The molecule has 1 aromatic rings. The van der Waals surface area contributed by atoms with Crippen molar-refractivity contribution in [2.24, 2.45) is 17.3 Å². The fourth-order valence-corrected chi connectivity index (χ4v) is 10.8. The summed E-state index contributed by atoms with van der Waals surface area (Å²) >= 11 is 0. The molecule has 9 rings (SSSR count). The Bertz CT molecular complexity index is 1960. The van der Waals surface area contributed by atoms with Gasteiger partial charge in [-0.05, 0) is 76.8 Å². The molecule has 358 valence electrons. The van der Waals surface area contributed by atoms with E-state index in [-0.39, 0.29) is 50.8 Å². The highest BCUT2D eigenvalue weighted by atomic mass is 16.8. The zero-order valence-electron chi connectivity index (χ0n) is 37.1. The van der Waals surface area contributed by atoms with Crippen LogP contribution in [-0.4, -0.2) is 170 Å². The standard InChI is InChI=1S/C46H63N3O16/c1-44(2,3)62-32(52)17-16-28(22-50)47-40(56)29-7-4-18-48(29)43(58)45-20-30-36-37(64-46(63-36,26-12-13-26)27-14-15-27)39(45)65-49(38(45)41(57)60-30)21-25-10-8-24(9-11-25)6-5-19-59-42-35(55)34(54)33(53)31(23-51)61-42/h5-6,8-11,26-31,33-39,42,50-51,53-55H,4,7,12-23H2,1-3H3,(H,47,56). The minimum absolute atomic E-state index is 0.0132. The van der Waals surface area contributed by atoms with E-state index in [9.17, 15) is 39.9 Å². The number of hydrogen-bond donors (Lipinski definition) is 6. The van der Waals surface area contributed by atoms with E-state index in [0.717, 1.165) is 36.8 Å². The number of nitrogens with one attached hydrogen (secondary N) is 1. The molecule has 5 aliphatic heterocycles. The minimum atomic E-state index is -1.55. The number of benzene rings is 1. The second kappa shape index (κ2) is 18.1. The van der Waals surface area contributed by atoms with Gasteiger partial charge in [0.15, 0.2) is 18.1 Å². The molecule has 3 saturated carbocycles. The number of amides is 2. The molecule has 0 spiro atoms. The summed E-state index contributed by atoms with van der Waals surface area (Å²) in [7, 11) is 0. The summed E-state index contributed by atoms with van der Waals surface area (Å²) in [5.74, 6) is -2.36. The molecule has 2 bridgehead atoms. The number of hydrogen-bond acceptors (Lipinski definition) is 17. The summed E-state index contributed by atoms with van der Waals surface area (Å²) in [6.45, 7) is 4.67. The predicted molar refractivity (Wildman–Crippen MR) is 223 cm³/mol. The number of esters is 2. The first kappa shape index (κ1) is 46.5. The molecule has 6 N–H and O–H groups in total. The number of likely N-dealkylation sites (tertiary alicyclic amines) is 1. The third-order valence-electron chi connectivity index (χ3n) is 14.2. The van der Waals surface area contributed by atoms with Crippen LogP contribution in [-0.2, 0) is 59.0 Å². The summed E-state index contributed by atoms with van der Waals surface area (Å²) in [6, 6.07) is 4.61. The Hall–Kier alpha value is -3.60. The number of aliphatic hydroxyl groups excluding tert-OH is 5. The Morgan fingerprint density at radius 2 is 1.68 bits per heavy atom. The van der Waals surface area contributed by atoms with Crippen molar-refractivity contribution in [2.45, 2.75) is 170 Å². The van der Waals surface area contributed by atoms with Crippen LogP contribution in [0.1, 0.15) is 89.7 Å². The van der Waals surface area contributed by atoms with Gasteiger partial charge in [0.25, 0.3) is 0 Å². The molecule has 13 unspecified atom stereocenters. The van der Waals surface area contributed by atoms with Gasteiger partial charge in [0.1, 0.15) is 65.9 Å². The lowest BCUT2D eigenvalue weighted by atomic mass is 9.62. The number of ether oxygens (including phenoxy) is 6. The van der Waals surface area contributed by atoms with Gasteiger partial charge >= 0.3 is 11.9 Å². The second-order valence-corrected chi connectivity index (χ2v) is 20.0. The molecule has 0 radical (unpaired) electrons. The highest BCUT2D eigenvalue weighted by Crippen LogP contribution is 2.64. The number of fused-ring (bicyclic) bond motifs is 4. The average molecular weight is 914 g/mol. The van der Waals surface area contributed by atoms with Crippen molar-refractivity contribution >= 4 is 29.8 Å². The van der Waals surface area contributed by atoms with Crippen LogP contribution < -0.4 is 5.32 Å². The van der Waals surface area contributed by atoms with E-state index in [1.54, 1.807) is 37.8 Å². The predicted octanol–water partition coefficient (Wildman–Crippen LogP) is 0.207. The van der Waals surface area contributed by atoms with Crippen molar-refractivity contribution < 1.29 is 78.0 Å². The fourth-order valence-electron chi connectivity index (χ4n) is 10.8. The molecule has 3 aliphatic carbocycles. The Morgan fingerprint density at radius 3 is 2.34 bits per heavy atom. The molecule has 5 heterocycles. The lowest BCUT2D eigenvalue weighted by molar-refractivity contribution is -0.298. The van der Waals surface area contributed by atoms with E-state index < -0.39 is 127 Å². The Morgan fingerprint density at radius 1 is 0.969 bits per heavy atom. The zero-order chi connectivity index (χ0) is 46.0. The van der Waals surface area contributed by atoms with Gasteiger partial charge in [-0.3, -0.25) is 24.0 Å². The molecule has 19 nitrogen and oxygen atoms in total. The van der Waals surface area contributed by atoms with Crippen LogP contribution in [0, 0.1) is 17.3 Å². The van der Waals surface area contributed by atoms with Crippen molar-refractivity contribution in [3.63, 3.8) is 0 Å². The fraction of sp³-hybridized carbons (Fsp3) is 0.739. The molecule has 8 fully saturated rings. The molecule has 19 heteroatoms. The first-order valence-corrected chi connectivity index (χ1v) is 23.2. The van der Waals surface area contributed by atoms with Crippen LogP contribution in [0.15, 0.2) is 30.3 Å². The normalized spacial score (nSPS) is 37.0. The van der Waals surface area contributed by atoms with Crippen molar-refractivity contribution in [2.75, 3.05) is 26.4 Å². The lowest BCUT2D eigenvalue weighted by Gasteiger charge is -2.50. The molecule has 1 aromatic carbocycles. The summed E-state index contributed by atoms with van der Waals surface area (Å²) in [6.07, 6.45) is -1.53. The molecular formula is C46H63N3O16. The van der Waals surface area contributed by atoms with Gasteiger partial charge in [-0.2, -0.15) is 5.06 Å². The second-order valence-electron chi connectivity index (χ2n) is 20.0. The van der Waals surface area contributed by atoms with Crippen molar-refractivity contribution in [3.8, 4) is 0 Å². The monoisotopic (exact) mass is 913 g/mol. The molecule has 8 aliphatic rings. The largest absolute Gasteiger partial charge is 0.460 e. The van der Waals surface area contributed by atoms with Gasteiger partial charge in [0.2, 0.25) is 11.8 Å². The van der Waals surface area contributed by atoms with Crippen LogP contribution in [0.3, 0.4) is 0 Å². The summed E-state index contributed by atoms with van der Waals surface area (Å²) in [5, 5.41) is 54.4. The van der Waals surface area contributed by atoms with Gasteiger partial charge in [-0.15, -0.1) is 0 Å². The smallest absolute Gasteiger partial charge is 0.327 e. The quantitative estimate of drug-likeness (QED) is 0.121. The van der Waals surface area contributed by atoms with Crippen LogP contribution >= 0.6 is 0 Å². The highest BCUT2D eigenvalue weighted by Gasteiger charge is 2.78. The van der Waals surface area contributed by atoms with Crippen LogP contribution in [0.25, 0.3) is 6.08 Å². The van der Waals surface area contributed by atoms with Crippen molar-refractivity contribution in [1.82, 2.24) is 15.3 Å². The number of nitrogens with zero attached hydrogens (tertiary/aromatic N) is 2. The maximum absolute atomic E-state index is 15.5. The maximum atomic E-state index is 15.5. The first-order valence-electron chi connectivity index (χ1n) is 23.2. The Kier molecular flexibility index (Phi) is 13.0. The van der Waals surface area contributed by atoms with E-state index in [0.29, 0.717) is 12.8 Å². The van der Waals surface area contributed by atoms with Gasteiger partial charge < -0.3 is 64.2 Å². The summed E-state index contributed by atoms with van der Waals surface area (Å²) in [4.78, 5) is 64.7. The molecular weight excluding hydrogens is 851 g/mol. The highest BCUT2D eigenvalue weighted by molar-refractivity contribution is 5.96. The zero-order valence-corrected chi connectivity index (χ0v) is 37.1. The summed E-state index contributed by atoms with van der Waals surface area (Å²) < 4.78 is 36.5. The molecule has 0 aromatic heterocycles. The van der Waals surface area contributed by atoms with E-state index >= 15 is 4.79 Å². The molecule has 5 saturated heterocycles. The Labute approximate surface area is 377 Å². The number of hydroxylamine groups is 2. The topological polar surface area (TPSA) is 253 Å². The SMILES string of the molecule is CC(C)(C)OC(=O)CCC(CO)NC(=O)C1CCCN1C(=O)C12CC3OC(=O)C1N(Cc1ccc(C=CCOC4OC(CO)C(O)C(O)C4O)cc1)OC2C1OC(C2CC2)(C2CC2)OC31. The molecule has 13 atom stereocenters. The maximum Gasteiger partial charge on any atom is 0.327 e. The van der Waals surface area contributed by atoms with Gasteiger partial charge in [-0.1, -0.05) is 36.4 Å². The van der Waals surface area contributed by atoms with E-state index in [2.05, 4.69) is 5.32 Å². The minimum Gasteiger partial charge on any atom is -0.460 e. The third-order valence-corrected chi connectivity index (χ3v) is 14.2. The number of rotatable bonds is 16. The van der Waals surface area contributed by atoms with E-state index in [4.69, 9.17) is 33.3 Å². The van der Waals surface area contributed by atoms with Gasteiger partial charge in [0, 0.05) is 31.2 Å². The Balaban J connectivity index is 0.926. The van der Waals surface area contributed by atoms with Gasteiger partial charge in [0.05, 0.1) is 32.4 Å². The molecule has 65 heavy (non-hydrogen) atoms. The molecule has 2 amide bonds. The number of carbonyl (C=O) groups excluding carboxylic acids is 4. The summed E-state index contributed by atoms with van der Waals surface area (Å²) in [5.41, 5.74) is -0.607. The lowest BCUT2D eigenvalue weighted by Crippen LogP contribution is -2.70. The number of aliphatic hydroxyl groups is 5. The average Bonchev–Trinajstić information content (AvgIpc) is 4.20. The van der Waals surface area contributed by atoms with Crippen LogP contribution in [0.2, 0.25) is 0 Å². The van der Waals surface area contributed by atoms with Crippen LogP contribution in [0.5, 0.6) is 0 Å². The van der Waals surface area contributed by atoms with Gasteiger partial charge in [-0.25, -0.2) is 0 Å². The van der Waals surface area contributed by atoms with E-state index in [1.807, 2.05) is 24.3 Å².